The van der Waals surface area contributed by atoms with Crippen LogP contribution in [0.25, 0.3) is 6.08 Å². The average Bonchev–Trinajstić information content (AvgIpc) is 2.94. The molecule has 0 amide bonds. The molecular weight excluding hydrogens is 375 g/mol. The molecule has 5 nitrogen and oxygen atoms in total. The zero-order valence-corrected chi connectivity index (χ0v) is 16.8. The number of benzene rings is 1. The van der Waals surface area contributed by atoms with Gasteiger partial charge in [-0.05, 0) is 50.0 Å². The molecule has 1 saturated carbocycles. The minimum atomic E-state index is -0.776. The predicted molar refractivity (Wildman–Crippen MR) is 110 cm³/mol. The number of carboxylic acid groups (broad SMARTS) is 1. The molecule has 1 aliphatic carbocycles. The first-order valence-electron chi connectivity index (χ1n) is 10.6. The fraction of sp³-hybridized carbons (Fsp3) is 0.609. The van der Waals surface area contributed by atoms with Gasteiger partial charge in [0.2, 0.25) is 0 Å². The van der Waals surface area contributed by atoms with Crippen molar-refractivity contribution < 1.29 is 29.6 Å². The van der Waals surface area contributed by atoms with Gasteiger partial charge in [-0.25, -0.2) is 4.39 Å². The number of halogens is 1. The molecule has 0 aromatic heterocycles. The van der Waals surface area contributed by atoms with Crippen LogP contribution in [0.3, 0.4) is 0 Å². The molecule has 29 heavy (non-hydrogen) atoms. The molecule has 0 spiro atoms. The summed E-state index contributed by atoms with van der Waals surface area (Å²) in [7, 11) is 0. The smallest absolute Gasteiger partial charge is 0.303 e. The molecule has 0 radical (unpaired) electrons. The van der Waals surface area contributed by atoms with E-state index in [1.165, 1.54) is 6.07 Å². The van der Waals surface area contributed by atoms with Crippen molar-refractivity contribution in [2.24, 2.45) is 11.8 Å². The van der Waals surface area contributed by atoms with E-state index in [0.29, 0.717) is 31.2 Å². The zero-order chi connectivity index (χ0) is 21.2. The van der Waals surface area contributed by atoms with Gasteiger partial charge < -0.3 is 20.4 Å². The molecule has 0 bridgehead atoms. The molecule has 6 heteroatoms. The second-order valence-electron chi connectivity index (χ2n) is 8.07. The highest BCUT2D eigenvalue weighted by atomic mass is 19.1. The van der Waals surface area contributed by atoms with Crippen molar-refractivity contribution in [2.45, 2.75) is 76.1 Å². The van der Waals surface area contributed by atoms with Crippen LogP contribution in [0.2, 0.25) is 0 Å². The van der Waals surface area contributed by atoms with Crippen LogP contribution in [0.5, 0.6) is 0 Å². The molecule has 2 rings (SSSR count). The second-order valence-corrected chi connectivity index (χ2v) is 8.07. The topological polar surface area (TPSA) is 98.0 Å². The van der Waals surface area contributed by atoms with Gasteiger partial charge in [-0.15, -0.1) is 0 Å². The Kier molecular flexibility index (Phi) is 9.78. The van der Waals surface area contributed by atoms with E-state index in [4.69, 9.17) is 5.11 Å². The summed E-state index contributed by atoms with van der Waals surface area (Å²) in [4.78, 5) is 10.5. The number of rotatable bonds is 12. The lowest BCUT2D eigenvalue weighted by Gasteiger charge is -2.24. The fourth-order valence-electron chi connectivity index (χ4n) is 4.27. The molecule has 1 fully saturated rings. The van der Waals surface area contributed by atoms with E-state index in [-0.39, 0.29) is 24.1 Å². The Hall–Kier alpha value is -1.76. The van der Waals surface area contributed by atoms with Crippen LogP contribution >= 0.6 is 0 Å². The Morgan fingerprint density at radius 2 is 1.72 bits per heavy atom. The number of carboxylic acids is 1. The second kappa shape index (κ2) is 12.1. The van der Waals surface area contributed by atoms with E-state index in [0.717, 1.165) is 25.7 Å². The van der Waals surface area contributed by atoms with Crippen molar-refractivity contribution in [1.82, 2.24) is 0 Å². The quantitative estimate of drug-likeness (QED) is 0.395. The summed E-state index contributed by atoms with van der Waals surface area (Å²) in [6.45, 7) is 0. The van der Waals surface area contributed by atoms with Crippen LogP contribution in [-0.4, -0.2) is 44.7 Å². The summed E-state index contributed by atoms with van der Waals surface area (Å²) >= 11 is 0. The first kappa shape index (κ1) is 23.5. The summed E-state index contributed by atoms with van der Waals surface area (Å²) in [5.41, 5.74) is 0.420. The van der Waals surface area contributed by atoms with Crippen LogP contribution in [0.4, 0.5) is 4.39 Å². The standard InChI is InChI=1S/C23H33FO5/c24-20-9-6-5-7-16(20)11-12-17(25)13-14-19-18(21(26)15-22(19)27)8-3-1-2-4-10-23(28)29/h5-7,9,11-12,17-19,21-22,25-27H,1-4,8,10,13-15H2,(H,28,29)/t17?,18-,19-,21+,22-/m1/s1. The number of aliphatic hydroxyl groups is 3. The number of aliphatic carboxylic acids is 1. The largest absolute Gasteiger partial charge is 0.481 e. The Bertz CT molecular complexity index is 662. The van der Waals surface area contributed by atoms with Gasteiger partial charge in [-0.1, -0.05) is 49.6 Å². The molecule has 4 N–H and O–H groups in total. The summed E-state index contributed by atoms with van der Waals surface area (Å²) in [5, 5.41) is 39.5. The van der Waals surface area contributed by atoms with Crippen molar-refractivity contribution in [3.63, 3.8) is 0 Å². The maximum absolute atomic E-state index is 13.6. The van der Waals surface area contributed by atoms with Crippen molar-refractivity contribution in [1.29, 1.82) is 0 Å². The molecule has 5 atom stereocenters. The molecule has 0 aliphatic heterocycles. The van der Waals surface area contributed by atoms with Gasteiger partial charge in [0.05, 0.1) is 18.3 Å². The van der Waals surface area contributed by atoms with Crippen LogP contribution in [0.1, 0.15) is 63.4 Å². The molecular formula is C23H33FO5. The Morgan fingerprint density at radius 3 is 2.41 bits per heavy atom. The highest BCUT2D eigenvalue weighted by Crippen LogP contribution is 2.39. The number of hydrogen-bond acceptors (Lipinski definition) is 4. The molecule has 162 valence electrons. The van der Waals surface area contributed by atoms with Crippen LogP contribution in [0.15, 0.2) is 30.3 Å². The van der Waals surface area contributed by atoms with Crippen LogP contribution in [0, 0.1) is 17.7 Å². The highest BCUT2D eigenvalue weighted by molar-refractivity contribution is 5.66. The van der Waals surface area contributed by atoms with Crippen molar-refractivity contribution in [3.8, 4) is 0 Å². The van der Waals surface area contributed by atoms with Crippen LogP contribution in [-0.2, 0) is 4.79 Å². The van der Waals surface area contributed by atoms with Gasteiger partial charge in [-0.2, -0.15) is 0 Å². The third kappa shape index (κ3) is 7.88. The van der Waals surface area contributed by atoms with Gasteiger partial charge in [0.25, 0.3) is 0 Å². The molecule has 0 heterocycles. The van der Waals surface area contributed by atoms with Crippen molar-refractivity contribution >= 4 is 12.0 Å². The van der Waals surface area contributed by atoms with E-state index in [2.05, 4.69) is 0 Å². The minimum Gasteiger partial charge on any atom is -0.481 e. The van der Waals surface area contributed by atoms with Gasteiger partial charge in [0.1, 0.15) is 5.82 Å². The normalized spacial score (nSPS) is 25.5. The molecule has 1 aliphatic rings. The Labute approximate surface area is 171 Å². The number of aliphatic hydroxyl groups excluding tert-OH is 3. The Balaban J connectivity index is 1.77. The fourth-order valence-corrected chi connectivity index (χ4v) is 4.27. The lowest BCUT2D eigenvalue weighted by Crippen LogP contribution is -2.23. The monoisotopic (exact) mass is 408 g/mol. The first-order chi connectivity index (χ1) is 13.9. The van der Waals surface area contributed by atoms with E-state index >= 15 is 0 Å². The molecule has 0 saturated heterocycles. The van der Waals surface area contributed by atoms with E-state index < -0.39 is 24.3 Å². The third-order valence-corrected chi connectivity index (χ3v) is 5.90. The van der Waals surface area contributed by atoms with E-state index in [1.807, 2.05) is 0 Å². The summed E-state index contributed by atoms with van der Waals surface area (Å²) in [5.74, 6) is -1.19. The first-order valence-corrected chi connectivity index (χ1v) is 10.6. The maximum Gasteiger partial charge on any atom is 0.303 e. The lowest BCUT2D eigenvalue weighted by molar-refractivity contribution is -0.137. The zero-order valence-electron chi connectivity index (χ0n) is 16.8. The number of hydrogen-bond donors (Lipinski definition) is 4. The van der Waals surface area contributed by atoms with E-state index in [9.17, 15) is 24.5 Å². The van der Waals surface area contributed by atoms with Gasteiger partial charge in [0, 0.05) is 12.0 Å². The van der Waals surface area contributed by atoms with E-state index in [1.54, 1.807) is 30.4 Å². The lowest BCUT2D eigenvalue weighted by atomic mass is 9.85. The SMILES string of the molecule is O=C(O)CCCCCC[C@@H]1[C@@H](CCC(O)C=Cc2ccccc2F)[C@H](O)C[C@@H]1O. The minimum absolute atomic E-state index is 0.00720. The maximum atomic E-state index is 13.6. The molecule has 1 unspecified atom stereocenters. The molecule has 1 aromatic rings. The van der Waals surface area contributed by atoms with Gasteiger partial charge >= 0.3 is 5.97 Å². The van der Waals surface area contributed by atoms with Crippen molar-refractivity contribution in [2.75, 3.05) is 0 Å². The summed E-state index contributed by atoms with van der Waals surface area (Å²) in [6.07, 6.45) is 6.94. The average molecular weight is 409 g/mol. The number of unbranched alkanes of at least 4 members (excludes halogenated alkanes) is 3. The Morgan fingerprint density at radius 1 is 1.07 bits per heavy atom. The third-order valence-electron chi connectivity index (χ3n) is 5.90. The number of carbonyl (C=O) groups is 1. The highest BCUT2D eigenvalue weighted by Gasteiger charge is 2.40. The molecule has 1 aromatic carbocycles. The predicted octanol–water partition coefficient (Wildman–Crippen LogP) is 3.76. The van der Waals surface area contributed by atoms with Gasteiger partial charge in [-0.3, -0.25) is 4.79 Å². The van der Waals surface area contributed by atoms with Crippen molar-refractivity contribution in [3.05, 3.63) is 41.7 Å². The summed E-state index contributed by atoms with van der Waals surface area (Å²) < 4.78 is 13.6. The summed E-state index contributed by atoms with van der Waals surface area (Å²) in [6, 6.07) is 6.36. The van der Waals surface area contributed by atoms with Crippen LogP contribution < -0.4 is 0 Å². The van der Waals surface area contributed by atoms with Gasteiger partial charge in [0.15, 0.2) is 0 Å².